The Morgan fingerprint density at radius 2 is 1.51 bits per heavy atom. The first-order valence-corrected chi connectivity index (χ1v) is 16.3. The second-order valence-corrected chi connectivity index (χ2v) is 13.4. The lowest BCUT2D eigenvalue weighted by Gasteiger charge is -2.34. The zero-order valence-corrected chi connectivity index (χ0v) is 27.4. The summed E-state index contributed by atoms with van der Waals surface area (Å²) in [7, 11) is -2.79. The molecule has 0 heterocycles. The molecule has 0 aromatic heterocycles. The Morgan fingerprint density at radius 3 is 2.14 bits per heavy atom. The maximum atomic E-state index is 14.3. The molecule has 4 rings (SSSR count). The Bertz CT molecular complexity index is 1690. The number of nitrogens with zero attached hydrogens (tertiary/aromatic N) is 2. The van der Waals surface area contributed by atoms with Crippen molar-refractivity contribution in [3.8, 4) is 0 Å². The number of sulfonamides is 1. The summed E-state index contributed by atoms with van der Waals surface area (Å²) < 4.78 is 30.0. The quantitative estimate of drug-likeness (QED) is 0.190. The molecular weight excluding hydrogens is 673 g/mol. The van der Waals surface area contributed by atoms with E-state index in [2.05, 4.69) is 21.2 Å². The highest BCUT2D eigenvalue weighted by molar-refractivity contribution is 9.10. The van der Waals surface area contributed by atoms with Crippen molar-refractivity contribution in [3.63, 3.8) is 0 Å². The molecule has 1 N–H and O–H groups in total. The van der Waals surface area contributed by atoms with Gasteiger partial charge in [-0.25, -0.2) is 8.42 Å². The van der Waals surface area contributed by atoms with E-state index >= 15 is 0 Å². The third-order valence-corrected chi connectivity index (χ3v) is 9.98. The summed E-state index contributed by atoms with van der Waals surface area (Å²) >= 11 is 16.2. The van der Waals surface area contributed by atoms with Gasteiger partial charge >= 0.3 is 0 Å². The summed E-state index contributed by atoms with van der Waals surface area (Å²) in [6.07, 6.45) is 0.214. The van der Waals surface area contributed by atoms with Gasteiger partial charge in [-0.3, -0.25) is 13.9 Å². The Labute approximate surface area is 270 Å². The molecule has 224 valence electrons. The Balaban J connectivity index is 1.81. The molecule has 0 unspecified atom stereocenters. The van der Waals surface area contributed by atoms with Crippen molar-refractivity contribution in [3.05, 3.63) is 128 Å². The Kier molecular flexibility index (Phi) is 10.9. The first-order valence-electron chi connectivity index (χ1n) is 13.3. The number of carbonyl (C=O) groups is 2. The molecule has 0 saturated heterocycles. The summed E-state index contributed by atoms with van der Waals surface area (Å²) in [4.78, 5) is 29.0. The van der Waals surface area contributed by atoms with Crippen molar-refractivity contribution in [1.82, 2.24) is 10.2 Å². The molecular formula is C32H30BrCl2N3O4S. The van der Waals surface area contributed by atoms with Crippen LogP contribution in [0.1, 0.15) is 16.7 Å². The van der Waals surface area contributed by atoms with Gasteiger partial charge in [-0.2, -0.15) is 0 Å². The van der Waals surface area contributed by atoms with Crippen LogP contribution in [0.4, 0.5) is 5.69 Å². The highest BCUT2D eigenvalue weighted by atomic mass is 79.9. The number of anilines is 1. The van der Waals surface area contributed by atoms with Crippen molar-refractivity contribution in [2.45, 2.75) is 30.8 Å². The largest absolute Gasteiger partial charge is 0.357 e. The number of amides is 2. The third-order valence-electron chi connectivity index (χ3n) is 6.87. The second kappa shape index (κ2) is 14.4. The second-order valence-electron chi connectivity index (χ2n) is 9.87. The van der Waals surface area contributed by atoms with Crippen LogP contribution in [0.15, 0.2) is 106 Å². The average molecular weight is 703 g/mol. The van der Waals surface area contributed by atoms with Crippen LogP contribution >= 0.6 is 39.1 Å². The SMILES string of the molecule is CNC(=O)[C@H](Cc1ccccc1)N(Cc1ccc(Br)cc1)C(=O)CN(c1cccc(Cl)c1Cl)S(=O)(=O)c1ccc(C)cc1. The molecule has 11 heteroatoms. The fourth-order valence-electron chi connectivity index (χ4n) is 4.54. The van der Waals surface area contributed by atoms with Crippen LogP contribution in [0, 0.1) is 6.92 Å². The monoisotopic (exact) mass is 701 g/mol. The highest BCUT2D eigenvalue weighted by Gasteiger charge is 2.35. The first kappa shape index (κ1) is 32.5. The van der Waals surface area contributed by atoms with Gasteiger partial charge in [0.2, 0.25) is 11.8 Å². The maximum absolute atomic E-state index is 14.3. The summed E-state index contributed by atoms with van der Waals surface area (Å²) in [6, 6.07) is 26.6. The summed E-state index contributed by atoms with van der Waals surface area (Å²) in [5.74, 6) is -0.984. The van der Waals surface area contributed by atoms with Crippen LogP contribution in [0.2, 0.25) is 10.0 Å². The molecule has 0 saturated carbocycles. The minimum atomic E-state index is -4.29. The number of nitrogens with one attached hydrogen (secondary N) is 1. The number of rotatable bonds is 11. The molecule has 0 aliphatic rings. The first-order chi connectivity index (χ1) is 20.5. The van der Waals surface area contributed by atoms with E-state index < -0.39 is 28.5 Å². The van der Waals surface area contributed by atoms with Crippen LogP contribution in [-0.4, -0.2) is 44.8 Å². The van der Waals surface area contributed by atoms with Crippen molar-refractivity contribution >= 4 is 66.7 Å². The fourth-order valence-corrected chi connectivity index (χ4v) is 6.68. The molecule has 4 aromatic carbocycles. The van der Waals surface area contributed by atoms with Crippen molar-refractivity contribution in [1.29, 1.82) is 0 Å². The Hall–Kier alpha value is -3.37. The van der Waals surface area contributed by atoms with Gasteiger partial charge in [-0.15, -0.1) is 0 Å². The zero-order chi connectivity index (χ0) is 31.1. The van der Waals surface area contributed by atoms with Gasteiger partial charge < -0.3 is 10.2 Å². The molecule has 1 atom stereocenters. The number of carbonyl (C=O) groups excluding carboxylic acids is 2. The fraction of sp³-hybridized carbons (Fsp3) is 0.188. The number of hydrogen-bond donors (Lipinski definition) is 1. The lowest BCUT2D eigenvalue weighted by Crippen LogP contribution is -2.53. The van der Waals surface area contributed by atoms with Crippen molar-refractivity contribution in [2.75, 3.05) is 17.9 Å². The molecule has 0 aliphatic carbocycles. The van der Waals surface area contributed by atoms with Gasteiger partial charge in [0.25, 0.3) is 10.0 Å². The van der Waals surface area contributed by atoms with Crippen LogP contribution in [0.25, 0.3) is 0 Å². The van der Waals surface area contributed by atoms with E-state index in [9.17, 15) is 18.0 Å². The number of hydrogen-bond acceptors (Lipinski definition) is 4. The van der Waals surface area contributed by atoms with Crippen LogP contribution in [-0.2, 0) is 32.6 Å². The Morgan fingerprint density at radius 1 is 0.860 bits per heavy atom. The van der Waals surface area contributed by atoms with E-state index in [4.69, 9.17) is 23.2 Å². The predicted molar refractivity (Wildman–Crippen MR) is 175 cm³/mol. The van der Waals surface area contributed by atoms with Crippen molar-refractivity contribution in [2.24, 2.45) is 0 Å². The van der Waals surface area contributed by atoms with E-state index in [0.717, 1.165) is 25.5 Å². The molecule has 0 bridgehead atoms. The number of halogens is 3. The van der Waals surface area contributed by atoms with Crippen molar-refractivity contribution < 1.29 is 18.0 Å². The topological polar surface area (TPSA) is 86.8 Å². The van der Waals surface area contributed by atoms with Gasteiger partial charge in [0.1, 0.15) is 12.6 Å². The minimum absolute atomic E-state index is 0.0146. The maximum Gasteiger partial charge on any atom is 0.264 e. The molecule has 4 aromatic rings. The lowest BCUT2D eigenvalue weighted by atomic mass is 10.0. The molecule has 7 nitrogen and oxygen atoms in total. The van der Waals surface area contributed by atoms with Crippen LogP contribution in [0.5, 0.6) is 0 Å². The molecule has 0 radical (unpaired) electrons. The lowest BCUT2D eigenvalue weighted by molar-refractivity contribution is -0.139. The summed E-state index contributed by atoms with van der Waals surface area (Å²) in [6.45, 7) is 1.27. The standard InChI is InChI=1S/C32H30BrCl2N3O4S/c1-22-11-17-26(18-12-22)43(41,42)38(28-10-6-9-27(34)31(28)35)21-30(39)37(20-24-13-15-25(33)16-14-24)29(32(40)36-2)19-23-7-4-3-5-8-23/h3-18,29H,19-21H2,1-2H3,(H,36,40)/t29-/m0/s1. The normalized spacial score (nSPS) is 11.9. The van der Waals surface area contributed by atoms with E-state index in [1.54, 1.807) is 18.2 Å². The average Bonchev–Trinajstić information content (AvgIpc) is 3.00. The summed E-state index contributed by atoms with van der Waals surface area (Å²) in [5, 5.41) is 2.79. The highest BCUT2D eigenvalue weighted by Crippen LogP contribution is 2.35. The van der Waals surface area contributed by atoms with Crippen LogP contribution < -0.4 is 9.62 Å². The van der Waals surface area contributed by atoms with Gasteiger partial charge in [0.15, 0.2) is 0 Å². The van der Waals surface area contributed by atoms with E-state index in [-0.39, 0.29) is 39.5 Å². The molecule has 0 aliphatic heterocycles. The molecule has 0 fully saturated rings. The minimum Gasteiger partial charge on any atom is -0.357 e. The van der Waals surface area contributed by atoms with Gasteiger partial charge in [-0.05, 0) is 54.4 Å². The molecule has 0 spiro atoms. The van der Waals surface area contributed by atoms with E-state index in [1.165, 1.54) is 36.2 Å². The molecule has 43 heavy (non-hydrogen) atoms. The smallest absolute Gasteiger partial charge is 0.264 e. The van der Waals surface area contributed by atoms with Gasteiger partial charge in [-0.1, -0.05) is 105 Å². The zero-order valence-electron chi connectivity index (χ0n) is 23.5. The number of likely N-dealkylation sites (N-methyl/N-ethyl adjacent to an activating group) is 1. The van der Waals surface area contributed by atoms with Gasteiger partial charge in [0, 0.05) is 24.5 Å². The summed E-state index contributed by atoms with van der Waals surface area (Å²) in [5.41, 5.74) is 2.52. The number of aryl methyl sites for hydroxylation is 1. The van der Waals surface area contributed by atoms with Crippen LogP contribution in [0.3, 0.4) is 0 Å². The van der Waals surface area contributed by atoms with Gasteiger partial charge in [0.05, 0.1) is 20.6 Å². The van der Waals surface area contributed by atoms with E-state index in [1.807, 2.05) is 61.5 Å². The number of benzene rings is 4. The third kappa shape index (κ3) is 7.97. The predicted octanol–water partition coefficient (Wildman–Crippen LogP) is 6.65. The molecule has 2 amide bonds. The van der Waals surface area contributed by atoms with E-state index in [0.29, 0.717) is 0 Å².